The molecule has 0 bridgehead atoms. The summed E-state index contributed by atoms with van der Waals surface area (Å²) >= 11 is 0. The predicted molar refractivity (Wildman–Crippen MR) is 85.2 cm³/mol. The van der Waals surface area contributed by atoms with E-state index in [-0.39, 0.29) is 5.75 Å². The highest BCUT2D eigenvalue weighted by molar-refractivity contribution is 7.91. The minimum Gasteiger partial charge on any atom is -0.423 e. The van der Waals surface area contributed by atoms with Crippen LogP contribution in [0.5, 0.6) is 0 Å². The van der Waals surface area contributed by atoms with Crippen molar-refractivity contribution in [2.24, 2.45) is 0 Å². The molecule has 0 unspecified atom stereocenters. The standard InChI is InChI=1S/C16H13NO4S/c18-16-9-6-13-10-14(7-8-15(13)21-16)17-22(19,20)11-12-4-2-1-3-5-12/h1-10,17H,11H2. The summed E-state index contributed by atoms with van der Waals surface area (Å²) in [6.07, 6.45) is 0. The van der Waals surface area contributed by atoms with Crippen molar-refractivity contribution in [2.75, 3.05) is 4.72 Å². The van der Waals surface area contributed by atoms with Crippen molar-refractivity contribution < 1.29 is 12.8 Å². The van der Waals surface area contributed by atoms with Gasteiger partial charge in [-0.25, -0.2) is 13.2 Å². The van der Waals surface area contributed by atoms with E-state index in [9.17, 15) is 13.2 Å². The van der Waals surface area contributed by atoms with E-state index in [2.05, 4.69) is 4.72 Å². The number of sulfonamides is 1. The molecule has 0 aliphatic rings. The lowest BCUT2D eigenvalue weighted by atomic mass is 10.2. The van der Waals surface area contributed by atoms with Crippen LogP contribution in [0.1, 0.15) is 5.56 Å². The van der Waals surface area contributed by atoms with Gasteiger partial charge in [0, 0.05) is 17.1 Å². The molecule has 0 saturated carbocycles. The second kappa shape index (κ2) is 5.65. The lowest BCUT2D eigenvalue weighted by Crippen LogP contribution is -2.15. The second-order valence-electron chi connectivity index (χ2n) is 4.85. The Kier molecular flexibility index (Phi) is 3.68. The molecular formula is C16H13NO4S. The van der Waals surface area contributed by atoms with Gasteiger partial charge in [0.05, 0.1) is 5.75 Å². The summed E-state index contributed by atoms with van der Waals surface area (Å²) in [6, 6.07) is 16.6. The Balaban J connectivity index is 1.85. The fraction of sp³-hybridized carbons (Fsp3) is 0.0625. The van der Waals surface area contributed by atoms with Crippen LogP contribution in [0.4, 0.5) is 5.69 Å². The van der Waals surface area contributed by atoms with Gasteiger partial charge in [-0.2, -0.15) is 0 Å². The summed E-state index contributed by atoms with van der Waals surface area (Å²) in [7, 11) is -3.51. The third-order valence-electron chi connectivity index (χ3n) is 3.09. The molecule has 1 N–H and O–H groups in total. The first-order valence-electron chi connectivity index (χ1n) is 6.60. The van der Waals surface area contributed by atoms with Crippen LogP contribution in [0.25, 0.3) is 11.0 Å². The summed E-state index contributed by atoms with van der Waals surface area (Å²) in [5, 5.41) is 0.652. The first-order chi connectivity index (χ1) is 10.5. The minimum atomic E-state index is -3.51. The van der Waals surface area contributed by atoms with E-state index in [1.165, 1.54) is 6.07 Å². The van der Waals surface area contributed by atoms with Crippen LogP contribution in [-0.2, 0) is 15.8 Å². The molecule has 5 nitrogen and oxygen atoms in total. The maximum atomic E-state index is 12.2. The van der Waals surface area contributed by atoms with Gasteiger partial charge in [0.25, 0.3) is 0 Å². The lowest BCUT2D eigenvalue weighted by molar-refractivity contribution is 0.561. The topological polar surface area (TPSA) is 76.4 Å². The fourth-order valence-corrected chi connectivity index (χ4v) is 3.33. The number of rotatable bonds is 4. The molecule has 3 aromatic rings. The fourth-order valence-electron chi connectivity index (χ4n) is 2.14. The zero-order chi connectivity index (χ0) is 15.6. The van der Waals surface area contributed by atoms with Crippen molar-refractivity contribution in [3.8, 4) is 0 Å². The number of hydrogen-bond acceptors (Lipinski definition) is 4. The Morgan fingerprint density at radius 2 is 1.73 bits per heavy atom. The Morgan fingerprint density at radius 1 is 0.955 bits per heavy atom. The van der Waals surface area contributed by atoms with Gasteiger partial charge in [0.15, 0.2) is 0 Å². The van der Waals surface area contributed by atoms with E-state index in [0.717, 1.165) is 0 Å². The number of nitrogens with one attached hydrogen (secondary N) is 1. The van der Waals surface area contributed by atoms with Crippen molar-refractivity contribution in [1.29, 1.82) is 0 Å². The Bertz CT molecular complexity index is 962. The van der Waals surface area contributed by atoms with Gasteiger partial charge in [-0.05, 0) is 29.8 Å². The molecule has 0 aliphatic heterocycles. The summed E-state index contributed by atoms with van der Waals surface area (Å²) in [5.74, 6) is -0.101. The quantitative estimate of drug-likeness (QED) is 0.751. The smallest absolute Gasteiger partial charge is 0.336 e. The van der Waals surface area contributed by atoms with Crippen molar-refractivity contribution >= 4 is 26.7 Å². The van der Waals surface area contributed by atoms with E-state index in [1.807, 2.05) is 6.07 Å². The van der Waals surface area contributed by atoms with Crippen molar-refractivity contribution in [3.63, 3.8) is 0 Å². The SMILES string of the molecule is O=c1ccc2cc(NS(=O)(=O)Cc3ccccc3)ccc2o1. The molecule has 1 aromatic heterocycles. The number of hydrogen-bond donors (Lipinski definition) is 1. The molecule has 0 amide bonds. The molecule has 22 heavy (non-hydrogen) atoms. The summed E-state index contributed by atoms with van der Waals surface area (Å²) in [5.41, 5.74) is 1.11. The van der Waals surface area contributed by atoms with E-state index in [4.69, 9.17) is 4.42 Å². The molecule has 0 atom stereocenters. The molecule has 0 aliphatic carbocycles. The average Bonchev–Trinajstić information content (AvgIpc) is 2.47. The normalized spacial score (nSPS) is 11.5. The largest absolute Gasteiger partial charge is 0.423 e. The van der Waals surface area contributed by atoms with E-state index >= 15 is 0 Å². The van der Waals surface area contributed by atoms with Crippen molar-refractivity contribution in [3.05, 3.63) is 76.6 Å². The predicted octanol–water partition coefficient (Wildman–Crippen LogP) is 2.73. The summed E-state index contributed by atoms with van der Waals surface area (Å²) in [6.45, 7) is 0. The molecular weight excluding hydrogens is 302 g/mol. The Morgan fingerprint density at radius 3 is 2.50 bits per heavy atom. The van der Waals surface area contributed by atoms with Gasteiger partial charge in [-0.3, -0.25) is 4.72 Å². The molecule has 0 saturated heterocycles. The second-order valence-corrected chi connectivity index (χ2v) is 6.58. The van der Waals surface area contributed by atoms with Gasteiger partial charge < -0.3 is 4.42 Å². The van der Waals surface area contributed by atoms with Crippen LogP contribution in [0.15, 0.2) is 69.9 Å². The molecule has 0 radical (unpaired) electrons. The third kappa shape index (κ3) is 3.35. The Hall–Kier alpha value is -2.60. The van der Waals surface area contributed by atoms with Crippen LogP contribution < -0.4 is 10.3 Å². The van der Waals surface area contributed by atoms with Crippen LogP contribution in [0.2, 0.25) is 0 Å². The van der Waals surface area contributed by atoms with Gasteiger partial charge >= 0.3 is 5.63 Å². The number of fused-ring (bicyclic) bond motifs is 1. The third-order valence-corrected chi connectivity index (χ3v) is 4.35. The zero-order valence-corrected chi connectivity index (χ0v) is 12.3. The van der Waals surface area contributed by atoms with Gasteiger partial charge in [-0.15, -0.1) is 0 Å². The van der Waals surface area contributed by atoms with Gasteiger partial charge in [-0.1, -0.05) is 30.3 Å². The molecule has 6 heteroatoms. The van der Waals surface area contributed by atoms with E-state index in [1.54, 1.807) is 48.5 Å². The van der Waals surface area contributed by atoms with Crippen LogP contribution in [0, 0.1) is 0 Å². The van der Waals surface area contributed by atoms with Crippen LogP contribution >= 0.6 is 0 Å². The molecule has 0 fully saturated rings. The highest BCUT2D eigenvalue weighted by atomic mass is 32.2. The van der Waals surface area contributed by atoms with Crippen molar-refractivity contribution in [1.82, 2.24) is 0 Å². The maximum absolute atomic E-state index is 12.2. The summed E-state index contributed by atoms with van der Waals surface area (Å²) < 4.78 is 31.9. The molecule has 0 spiro atoms. The molecule has 1 heterocycles. The average molecular weight is 315 g/mol. The number of benzene rings is 2. The van der Waals surface area contributed by atoms with Crippen molar-refractivity contribution in [2.45, 2.75) is 5.75 Å². The first kappa shape index (κ1) is 14.3. The minimum absolute atomic E-state index is 0.101. The van der Waals surface area contributed by atoms with E-state index < -0.39 is 15.6 Å². The van der Waals surface area contributed by atoms with Crippen LogP contribution in [0.3, 0.4) is 0 Å². The number of anilines is 1. The summed E-state index contributed by atoms with van der Waals surface area (Å²) in [4.78, 5) is 11.1. The maximum Gasteiger partial charge on any atom is 0.336 e. The van der Waals surface area contributed by atoms with Crippen LogP contribution in [-0.4, -0.2) is 8.42 Å². The Labute approximate surface area is 127 Å². The van der Waals surface area contributed by atoms with Gasteiger partial charge in [0.2, 0.25) is 10.0 Å². The lowest BCUT2D eigenvalue weighted by Gasteiger charge is -2.08. The van der Waals surface area contributed by atoms with E-state index in [0.29, 0.717) is 22.2 Å². The molecule has 112 valence electrons. The first-order valence-corrected chi connectivity index (χ1v) is 8.25. The highest BCUT2D eigenvalue weighted by Gasteiger charge is 2.12. The molecule has 3 rings (SSSR count). The monoisotopic (exact) mass is 315 g/mol. The highest BCUT2D eigenvalue weighted by Crippen LogP contribution is 2.19. The molecule has 2 aromatic carbocycles. The van der Waals surface area contributed by atoms with Gasteiger partial charge in [0.1, 0.15) is 5.58 Å². The zero-order valence-electron chi connectivity index (χ0n) is 11.5.